The molecule has 1 aromatic rings. The Labute approximate surface area is 134 Å². The second-order valence-electron chi connectivity index (χ2n) is 5.45. The van der Waals surface area contributed by atoms with Crippen molar-refractivity contribution in [1.29, 1.82) is 0 Å². The number of aliphatic hydroxyl groups excluding tert-OH is 1. The molecule has 0 bridgehead atoms. The van der Waals surface area contributed by atoms with E-state index >= 15 is 0 Å². The molecule has 1 aliphatic rings. The van der Waals surface area contributed by atoms with Gasteiger partial charge in [0.15, 0.2) is 0 Å². The lowest BCUT2D eigenvalue weighted by molar-refractivity contribution is -0.139. The van der Waals surface area contributed by atoms with Crippen molar-refractivity contribution in [2.24, 2.45) is 0 Å². The molecule has 8 heteroatoms. The van der Waals surface area contributed by atoms with Gasteiger partial charge in [0, 0.05) is 26.2 Å². The molecule has 1 saturated heterocycles. The van der Waals surface area contributed by atoms with Crippen LogP contribution in [0.1, 0.15) is 18.7 Å². The van der Waals surface area contributed by atoms with Gasteiger partial charge in [0.2, 0.25) is 0 Å². The van der Waals surface area contributed by atoms with Crippen LogP contribution in [0.25, 0.3) is 0 Å². The summed E-state index contributed by atoms with van der Waals surface area (Å²) in [6.45, 7) is 4.54. The van der Waals surface area contributed by atoms with E-state index < -0.39 is 17.9 Å². The fourth-order valence-corrected chi connectivity index (χ4v) is 2.37. The van der Waals surface area contributed by atoms with E-state index in [1.165, 1.54) is 6.92 Å². The first kappa shape index (κ1) is 17.5. The van der Waals surface area contributed by atoms with Crippen molar-refractivity contribution in [2.75, 3.05) is 39.4 Å². The SMILES string of the molecule is C[C@@H](O)CNC(=O)C(=O)NC[C@@H](c1ccco1)N1CCOCC1. The van der Waals surface area contributed by atoms with E-state index in [0.717, 1.165) is 18.8 Å². The van der Waals surface area contributed by atoms with Crippen LogP contribution in [0.3, 0.4) is 0 Å². The zero-order valence-electron chi connectivity index (χ0n) is 13.2. The van der Waals surface area contributed by atoms with Crippen LogP contribution in [0.4, 0.5) is 0 Å². The zero-order chi connectivity index (χ0) is 16.7. The summed E-state index contributed by atoms with van der Waals surface area (Å²) in [5.74, 6) is -0.752. The average Bonchev–Trinajstić information content (AvgIpc) is 3.07. The van der Waals surface area contributed by atoms with Crippen molar-refractivity contribution >= 4 is 11.8 Å². The van der Waals surface area contributed by atoms with E-state index in [1.807, 2.05) is 6.07 Å². The first-order valence-electron chi connectivity index (χ1n) is 7.67. The summed E-state index contributed by atoms with van der Waals surface area (Å²) in [4.78, 5) is 25.6. The molecule has 1 aliphatic heterocycles. The molecule has 2 atom stereocenters. The largest absolute Gasteiger partial charge is 0.468 e. The highest BCUT2D eigenvalue weighted by Crippen LogP contribution is 2.21. The first-order valence-corrected chi connectivity index (χ1v) is 7.67. The number of morpholine rings is 1. The standard InChI is InChI=1S/C15H23N3O5/c1-11(19)9-16-14(20)15(21)17-10-12(13-3-2-6-23-13)18-4-7-22-8-5-18/h2-3,6,11-12,19H,4-5,7-10H2,1H3,(H,16,20)(H,17,21)/t11-,12+/m1/s1. The number of hydrogen-bond donors (Lipinski definition) is 3. The molecule has 8 nitrogen and oxygen atoms in total. The third-order valence-electron chi connectivity index (χ3n) is 3.58. The Morgan fingerprint density at radius 2 is 1.91 bits per heavy atom. The number of furan rings is 1. The smallest absolute Gasteiger partial charge is 0.309 e. The van der Waals surface area contributed by atoms with Crippen LogP contribution in [0.15, 0.2) is 22.8 Å². The fourth-order valence-electron chi connectivity index (χ4n) is 2.37. The van der Waals surface area contributed by atoms with E-state index in [4.69, 9.17) is 14.3 Å². The van der Waals surface area contributed by atoms with Crippen molar-refractivity contribution in [3.63, 3.8) is 0 Å². The van der Waals surface area contributed by atoms with Gasteiger partial charge in [0.25, 0.3) is 0 Å². The van der Waals surface area contributed by atoms with Gasteiger partial charge in [-0.25, -0.2) is 0 Å². The van der Waals surface area contributed by atoms with E-state index in [1.54, 1.807) is 12.3 Å². The summed E-state index contributed by atoms with van der Waals surface area (Å²) in [5.41, 5.74) is 0. The van der Waals surface area contributed by atoms with Gasteiger partial charge in [0.05, 0.1) is 31.6 Å². The van der Waals surface area contributed by atoms with Gasteiger partial charge in [-0.05, 0) is 19.1 Å². The molecule has 0 aliphatic carbocycles. The summed E-state index contributed by atoms with van der Waals surface area (Å²) >= 11 is 0. The lowest BCUT2D eigenvalue weighted by atomic mass is 10.1. The van der Waals surface area contributed by atoms with Crippen LogP contribution in [-0.2, 0) is 14.3 Å². The minimum absolute atomic E-state index is 0.0390. The Hall–Kier alpha value is -1.90. The van der Waals surface area contributed by atoms with Crippen molar-refractivity contribution in [2.45, 2.75) is 19.1 Å². The predicted octanol–water partition coefficient (Wildman–Crippen LogP) is -0.734. The maximum absolute atomic E-state index is 11.8. The van der Waals surface area contributed by atoms with Crippen molar-refractivity contribution in [3.05, 3.63) is 24.2 Å². The minimum Gasteiger partial charge on any atom is -0.468 e. The summed E-state index contributed by atoms with van der Waals surface area (Å²) in [6, 6.07) is 3.49. The molecule has 2 heterocycles. The molecular formula is C15H23N3O5. The molecule has 0 aromatic carbocycles. The Bertz CT molecular complexity index is 497. The third-order valence-corrected chi connectivity index (χ3v) is 3.58. The van der Waals surface area contributed by atoms with E-state index in [2.05, 4.69) is 15.5 Å². The maximum Gasteiger partial charge on any atom is 0.309 e. The molecular weight excluding hydrogens is 302 g/mol. The summed E-state index contributed by atoms with van der Waals surface area (Å²) in [7, 11) is 0. The number of hydrogen-bond acceptors (Lipinski definition) is 6. The molecule has 0 saturated carbocycles. The number of aliphatic hydroxyl groups is 1. The predicted molar refractivity (Wildman–Crippen MR) is 81.5 cm³/mol. The Morgan fingerprint density at radius 3 is 2.48 bits per heavy atom. The van der Waals surface area contributed by atoms with Crippen LogP contribution in [0.5, 0.6) is 0 Å². The summed E-state index contributed by atoms with van der Waals surface area (Å²) < 4.78 is 10.8. The number of nitrogens with zero attached hydrogens (tertiary/aromatic N) is 1. The Morgan fingerprint density at radius 1 is 1.26 bits per heavy atom. The number of amides is 2. The molecule has 0 unspecified atom stereocenters. The van der Waals surface area contributed by atoms with Crippen molar-refractivity contribution < 1.29 is 23.8 Å². The number of carbonyl (C=O) groups excluding carboxylic acids is 2. The number of nitrogens with one attached hydrogen (secondary N) is 2. The Kier molecular flexibility index (Phi) is 6.57. The van der Waals surface area contributed by atoms with E-state index in [0.29, 0.717) is 13.2 Å². The van der Waals surface area contributed by atoms with Gasteiger partial charge in [-0.15, -0.1) is 0 Å². The zero-order valence-corrected chi connectivity index (χ0v) is 13.2. The molecule has 1 fully saturated rings. The highest BCUT2D eigenvalue weighted by molar-refractivity contribution is 6.35. The van der Waals surface area contributed by atoms with Gasteiger partial charge in [-0.2, -0.15) is 0 Å². The second-order valence-corrected chi connectivity index (χ2v) is 5.45. The number of rotatable bonds is 6. The molecule has 1 aromatic heterocycles. The van der Waals surface area contributed by atoms with Crippen LogP contribution in [0, 0.1) is 0 Å². The van der Waals surface area contributed by atoms with Crippen LogP contribution in [0.2, 0.25) is 0 Å². The highest BCUT2D eigenvalue weighted by atomic mass is 16.5. The number of carbonyl (C=O) groups is 2. The van der Waals surface area contributed by atoms with Crippen LogP contribution < -0.4 is 10.6 Å². The van der Waals surface area contributed by atoms with Crippen LogP contribution in [-0.4, -0.2) is 67.3 Å². The Balaban J connectivity index is 1.90. The monoisotopic (exact) mass is 325 g/mol. The second kappa shape index (κ2) is 8.66. The lowest BCUT2D eigenvalue weighted by Gasteiger charge is -2.33. The van der Waals surface area contributed by atoms with Gasteiger partial charge in [-0.1, -0.05) is 0 Å². The number of ether oxygens (including phenoxy) is 1. The van der Waals surface area contributed by atoms with E-state index in [9.17, 15) is 9.59 Å². The topological polar surface area (TPSA) is 104 Å². The maximum atomic E-state index is 11.8. The molecule has 3 N–H and O–H groups in total. The van der Waals surface area contributed by atoms with Crippen molar-refractivity contribution in [3.8, 4) is 0 Å². The average molecular weight is 325 g/mol. The molecule has 0 spiro atoms. The normalized spacial score (nSPS) is 18.2. The summed E-state index contributed by atoms with van der Waals surface area (Å²) in [5, 5.41) is 14.1. The van der Waals surface area contributed by atoms with E-state index in [-0.39, 0.29) is 19.1 Å². The van der Waals surface area contributed by atoms with Gasteiger partial charge in [0.1, 0.15) is 5.76 Å². The van der Waals surface area contributed by atoms with Gasteiger partial charge in [-0.3, -0.25) is 14.5 Å². The van der Waals surface area contributed by atoms with Crippen molar-refractivity contribution in [1.82, 2.24) is 15.5 Å². The fraction of sp³-hybridized carbons (Fsp3) is 0.600. The lowest BCUT2D eigenvalue weighted by Crippen LogP contribution is -2.47. The molecule has 0 radical (unpaired) electrons. The molecule has 128 valence electrons. The summed E-state index contributed by atoms with van der Waals surface area (Å²) in [6.07, 6.45) is 0.885. The van der Waals surface area contributed by atoms with Crippen LogP contribution >= 0.6 is 0 Å². The third kappa shape index (κ3) is 5.34. The quantitative estimate of drug-likeness (QED) is 0.596. The van der Waals surface area contributed by atoms with Gasteiger partial charge >= 0.3 is 11.8 Å². The first-order chi connectivity index (χ1) is 11.1. The molecule has 23 heavy (non-hydrogen) atoms. The van der Waals surface area contributed by atoms with Gasteiger partial charge < -0.3 is 24.9 Å². The molecule has 2 amide bonds. The minimum atomic E-state index is -0.758. The molecule has 2 rings (SSSR count). The highest BCUT2D eigenvalue weighted by Gasteiger charge is 2.26.